The van der Waals surface area contributed by atoms with Crippen molar-refractivity contribution >= 4 is 73.2 Å². The topological polar surface area (TPSA) is 72.3 Å². The van der Waals surface area contributed by atoms with E-state index in [2.05, 4.69) is 0 Å². The first kappa shape index (κ1) is 16.8. The van der Waals surface area contributed by atoms with E-state index in [1.807, 2.05) is 0 Å². The Hall–Kier alpha value is 0.338. The SMILES string of the molecule is Cl.Cl.Nc1cc([As](Cl)Cl)cc(N)c1O. The zero-order valence-electron chi connectivity index (χ0n) is 6.78. The van der Waals surface area contributed by atoms with Crippen molar-refractivity contribution in [1.82, 2.24) is 0 Å². The predicted octanol–water partition coefficient (Wildman–Crippen LogP) is 1.57. The average Bonchev–Trinajstić information content (AvgIpc) is 1.99. The molecule has 0 unspecified atom stereocenters. The number of nitrogens with two attached hydrogens (primary N) is 2. The van der Waals surface area contributed by atoms with Gasteiger partial charge in [-0.2, -0.15) is 0 Å². The van der Waals surface area contributed by atoms with Crippen molar-refractivity contribution in [3.05, 3.63) is 12.1 Å². The van der Waals surface area contributed by atoms with Crippen molar-refractivity contribution in [1.29, 1.82) is 0 Å². The molecule has 0 radical (unpaired) electrons. The zero-order chi connectivity index (χ0) is 9.30. The standard InChI is InChI=1S/C6H7AsCl2N2O.2ClH/c8-7(9)3-1-4(10)6(12)5(11)2-3;;/h1-2,12H,10-11H2;2*1H. The fraction of sp³-hybridized carbons (Fsp3) is 0. The van der Waals surface area contributed by atoms with Gasteiger partial charge in [-0.3, -0.25) is 0 Å². The Morgan fingerprint density at radius 3 is 1.71 bits per heavy atom. The molecular formula is C6H9AsCl4N2O. The molecule has 1 aromatic rings. The van der Waals surface area contributed by atoms with E-state index in [9.17, 15) is 5.11 Å². The number of phenolic OH excluding ortho intramolecular Hbond substituents is 1. The first-order valence-corrected chi connectivity index (χ1v) is 8.89. The Balaban J connectivity index is 0. The van der Waals surface area contributed by atoms with Crippen molar-refractivity contribution in [2.24, 2.45) is 0 Å². The van der Waals surface area contributed by atoms with Gasteiger partial charge >= 0.3 is 82.9 Å². The third-order valence-corrected chi connectivity index (χ3v) is 4.74. The first-order chi connectivity index (χ1) is 5.52. The van der Waals surface area contributed by atoms with Gasteiger partial charge in [0.2, 0.25) is 0 Å². The Morgan fingerprint density at radius 2 is 1.43 bits per heavy atom. The van der Waals surface area contributed by atoms with E-state index in [1.54, 1.807) is 12.1 Å². The number of benzene rings is 1. The molecule has 1 aromatic carbocycles. The normalized spacial score (nSPS) is 9.07. The molecule has 0 aliphatic heterocycles. The third-order valence-electron chi connectivity index (χ3n) is 1.35. The number of hydrogen-bond donors (Lipinski definition) is 3. The van der Waals surface area contributed by atoms with Gasteiger partial charge in [0, 0.05) is 0 Å². The number of halogens is 4. The second kappa shape index (κ2) is 6.75. The van der Waals surface area contributed by atoms with Crippen LogP contribution in [-0.2, 0) is 0 Å². The number of anilines is 2. The molecule has 0 aliphatic rings. The molecule has 0 aromatic heterocycles. The van der Waals surface area contributed by atoms with Crippen LogP contribution in [-0.4, -0.2) is 17.9 Å². The number of aromatic hydroxyl groups is 1. The van der Waals surface area contributed by atoms with E-state index >= 15 is 0 Å². The summed E-state index contributed by atoms with van der Waals surface area (Å²) in [5.41, 5.74) is 11.3. The molecule has 0 bridgehead atoms. The van der Waals surface area contributed by atoms with E-state index in [0.29, 0.717) is 0 Å². The molecular weight excluding hydrogens is 333 g/mol. The van der Waals surface area contributed by atoms with Crippen LogP contribution < -0.4 is 15.8 Å². The Morgan fingerprint density at radius 1 is 1.07 bits per heavy atom. The summed E-state index contributed by atoms with van der Waals surface area (Å²) in [6, 6.07) is 3.09. The van der Waals surface area contributed by atoms with E-state index in [4.69, 9.17) is 31.4 Å². The summed E-state index contributed by atoms with van der Waals surface area (Å²) in [7, 11) is 11.4. The van der Waals surface area contributed by atoms with Gasteiger partial charge < -0.3 is 0 Å². The fourth-order valence-electron chi connectivity index (χ4n) is 0.761. The van der Waals surface area contributed by atoms with Crippen molar-refractivity contribution in [3.8, 4) is 5.75 Å². The molecule has 8 heteroatoms. The summed E-state index contributed by atoms with van der Waals surface area (Å²) in [6.07, 6.45) is 0. The Labute approximate surface area is 107 Å². The first-order valence-electron chi connectivity index (χ1n) is 3.02. The van der Waals surface area contributed by atoms with Gasteiger partial charge in [-0.05, 0) is 0 Å². The summed E-state index contributed by atoms with van der Waals surface area (Å²) < 4.78 is 0.721. The molecule has 0 atom stereocenters. The minimum absolute atomic E-state index is 0. The second-order valence-electron chi connectivity index (χ2n) is 2.21. The minimum atomic E-state index is -1.99. The molecule has 0 saturated heterocycles. The zero-order valence-corrected chi connectivity index (χ0v) is 11.8. The van der Waals surface area contributed by atoms with E-state index < -0.39 is 12.8 Å². The van der Waals surface area contributed by atoms with Crippen molar-refractivity contribution in [3.63, 3.8) is 0 Å². The van der Waals surface area contributed by atoms with Crippen molar-refractivity contribution in [2.45, 2.75) is 0 Å². The predicted molar refractivity (Wildman–Crippen MR) is 68.5 cm³/mol. The van der Waals surface area contributed by atoms with Crippen LogP contribution in [0, 0.1) is 0 Å². The third kappa shape index (κ3) is 3.83. The molecule has 5 N–H and O–H groups in total. The van der Waals surface area contributed by atoms with E-state index in [1.165, 1.54) is 0 Å². The van der Waals surface area contributed by atoms with Gasteiger partial charge in [0.05, 0.1) is 0 Å². The number of phenols is 1. The molecule has 0 spiro atoms. The summed E-state index contributed by atoms with van der Waals surface area (Å²) in [4.78, 5) is 0. The summed E-state index contributed by atoms with van der Waals surface area (Å²) in [5, 5.41) is 9.19. The van der Waals surface area contributed by atoms with Crippen LogP contribution in [0.5, 0.6) is 5.75 Å². The quantitative estimate of drug-likeness (QED) is 0.412. The molecule has 0 saturated carbocycles. The van der Waals surface area contributed by atoms with Crippen LogP contribution in [0.15, 0.2) is 12.1 Å². The maximum atomic E-state index is 9.19. The van der Waals surface area contributed by atoms with Gasteiger partial charge in [0.25, 0.3) is 0 Å². The van der Waals surface area contributed by atoms with Crippen molar-refractivity contribution < 1.29 is 5.11 Å². The van der Waals surface area contributed by atoms with Crippen LogP contribution >= 0.6 is 44.7 Å². The number of hydrogen-bond acceptors (Lipinski definition) is 3. The van der Waals surface area contributed by atoms with Gasteiger partial charge in [-0.1, -0.05) is 0 Å². The molecule has 82 valence electrons. The molecule has 0 heterocycles. The molecule has 3 nitrogen and oxygen atoms in total. The number of rotatable bonds is 1. The molecule has 0 amide bonds. The molecule has 1 rings (SSSR count). The van der Waals surface area contributed by atoms with E-state index in [-0.39, 0.29) is 41.9 Å². The molecule has 0 fully saturated rings. The Kier molecular flexibility index (Phi) is 8.08. The van der Waals surface area contributed by atoms with Crippen LogP contribution in [0.3, 0.4) is 0 Å². The number of nitrogen functional groups attached to an aromatic ring is 2. The maximum absolute atomic E-state index is 9.19. The van der Waals surface area contributed by atoms with E-state index in [0.717, 1.165) is 4.35 Å². The van der Waals surface area contributed by atoms with Crippen LogP contribution in [0.1, 0.15) is 0 Å². The average molecular weight is 342 g/mol. The van der Waals surface area contributed by atoms with Gasteiger partial charge in [-0.25, -0.2) is 0 Å². The molecule has 14 heavy (non-hydrogen) atoms. The summed E-state index contributed by atoms with van der Waals surface area (Å²) >= 11 is -1.99. The van der Waals surface area contributed by atoms with Gasteiger partial charge in [0.15, 0.2) is 0 Å². The van der Waals surface area contributed by atoms with Gasteiger partial charge in [0.1, 0.15) is 0 Å². The van der Waals surface area contributed by atoms with Crippen LogP contribution in [0.4, 0.5) is 11.4 Å². The monoisotopic (exact) mass is 340 g/mol. The van der Waals surface area contributed by atoms with Crippen LogP contribution in [0.25, 0.3) is 0 Å². The van der Waals surface area contributed by atoms with Gasteiger partial charge in [-0.15, -0.1) is 24.8 Å². The summed E-state index contributed by atoms with van der Waals surface area (Å²) in [6.45, 7) is 0. The van der Waals surface area contributed by atoms with Crippen LogP contribution in [0.2, 0.25) is 0 Å². The van der Waals surface area contributed by atoms with Crippen molar-refractivity contribution in [2.75, 3.05) is 11.5 Å². The second-order valence-corrected chi connectivity index (χ2v) is 8.68. The summed E-state index contributed by atoms with van der Waals surface area (Å²) in [5.74, 6) is -0.108. The molecule has 0 aliphatic carbocycles. The fourth-order valence-corrected chi connectivity index (χ4v) is 2.77. The Bertz CT molecular complexity index is 287.